The van der Waals surface area contributed by atoms with Gasteiger partial charge in [0.25, 0.3) is 11.8 Å². The highest BCUT2D eigenvalue weighted by Crippen LogP contribution is 2.34. The van der Waals surface area contributed by atoms with E-state index in [0.717, 1.165) is 107 Å². The van der Waals surface area contributed by atoms with Crippen molar-refractivity contribution in [1.29, 1.82) is 0 Å². The molecule has 0 spiro atoms. The molecule has 13 heteroatoms. The Morgan fingerprint density at radius 3 is 2.35 bits per heavy atom. The number of benzene rings is 2. The van der Waals surface area contributed by atoms with E-state index >= 15 is 0 Å². The van der Waals surface area contributed by atoms with Crippen molar-refractivity contribution in [2.75, 3.05) is 63.9 Å². The molecule has 4 aliphatic heterocycles. The number of amides is 5. The van der Waals surface area contributed by atoms with Gasteiger partial charge in [0.15, 0.2) is 0 Å². The van der Waals surface area contributed by atoms with Gasteiger partial charge in [-0.05, 0) is 105 Å². The zero-order valence-electron chi connectivity index (χ0n) is 36.1. The maximum absolute atomic E-state index is 13.3. The van der Waals surface area contributed by atoms with Crippen LogP contribution in [0.3, 0.4) is 0 Å². The minimum atomic E-state index is -0.626. The van der Waals surface area contributed by atoms with Gasteiger partial charge in [0, 0.05) is 93.1 Å². The third-order valence-electron chi connectivity index (χ3n) is 12.9. The summed E-state index contributed by atoms with van der Waals surface area (Å²) in [5.74, 6) is 0.511. The second-order valence-corrected chi connectivity index (χ2v) is 17.2. The van der Waals surface area contributed by atoms with Gasteiger partial charge in [-0.1, -0.05) is 50.7 Å². The molecule has 2 aromatic carbocycles. The molecule has 0 bridgehead atoms. The number of nitrogens with one attached hydrogen (secondary N) is 2. The second-order valence-electron chi connectivity index (χ2n) is 17.2. The summed E-state index contributed by atoms with van der Waals surface area (Å²) in [7, 11) is 0. The Bertz CT molecular complexity index is 2010. The van der Waals surface area contributed by atoms with Crippen LogP contribution in [0.2, 0.25) is 0 Å². The Morgan fingerprint density at radius 1 is 0.823 bits per heavy atom. The highest BCUT2D eigenvalue weighted by molar-refractivity contribution is 6.05. The Kier molecular flexibility index (Phi) is 16.2. The number of unbranched alkanes of at least 4 members (excludes halogenated alkanes) is 6. The molecule has 3 saturated heterocycles. The molecule has 1 unspecified atom stereocenters. The van der Waals surface area contributed by atoms with Crippen LogP contribution in [0.5, 0.6) is 5.75 Å². The summed E-state index contributed by atoms with van der Waals surface area (Å²) in [6.07, 6.45) is 19.4. The highest BCUT2D eigenvalue weighted by Gasteiger charge is 2.40. The maximum Gasteiger partial charge on any atom is 0.255 e. The molecule has 4 aliphatic rings. The molecule has 330 valence electrons. The fourth-order valence-corrected chi connectivity index (χ4v) is 9.15. The molecule has 7 rings (SSSR count). The predicted molar refractivity (Wildman–Crippen MR) is 240 cm³/mol. The molecule has 5 heterocycles. The molecule has 5 amide bonds. The van der Waals surface area contributed by atoms with Crippen molar-refractivity contribution in [3.63, 3.8) is 0 Å². The maximum atomic E-state index is 13.3. The summed E-state index contributed by atoms with van der Waals surface area (Å²) in [4.78, 5) is 75.1. The number of nitrogens with zero attached hydrogens (tertiary/aromatic N) is 5. The summed E-state index contributed by atoms with van der Waals surface area (Å²) < 4.78 is 6.13. The van der Waals surface area contributed by atoms with Crippen molar-refractivity contribution < 1.29 is 28.7 Å². The van der Waals surface area contributed by atoms with Gasteiger partial charge >= 0.3 is 0 Å². The number of piperazine rings is 1. The molecule has 3 aromatic rings. The predicted octanol–water partition coefficient (Wildman–Crippen LogP) is 6.24. The zero-order valence-corrected chi connectivity index (χ0v) is 36.1. The number of carbonyl (C=O) groups excluding carboxylic acids is 5. The van der Waals surface area contributed by atoms with E-state index < -0.39 is 11.9 Å². The Labute approximate surface area is 366 Å². The van der Waals surface area contributed by atoms with E-state index in [1.165, 1.54) is 31.4 Å². The standard InChI is InChI=1S/C49H63N7O6/c57-45(21-15-38-12-10-25-50-35-38)51-26-6-5-11-37-23-28-55(29-24-37)48(60)39-16-18-40(19-17-39)54-32-30-53(31-33-54)27-7-3-1-2-4-8-34-62-44-14-9-13-41-42(44)36-56(49(41)61)43-20-22-46(58)52-47(43)59/h9-10,12-19,21,25,35,37,43H,1-8,11,20,22-24,26-34,36H2,(H,51,57)(H,52,58,59)/b21-15+. The summed E-state index contributed by atoms with van der Waals surface area (Å²) in [5.41, 5.74) is 4.26. The number of ether oxygens (including phenoxy) is 1. The van der Waals surface area contributed by atoms with E-state index in [4.69, 9.17) is 4.74 Å². The second kappa shape index (κ2) is 22.5. The average molecular weight is 846 g/mol. The van der Waals surface area contributed by atoms with Crippen LogP contribution in [0.15, 0.2) is 73.1 Å². The first-order chi connectivity index (χ1) is 30.3. The van der Waals surface area contributed by atoms with Crippen molar-refractivity contribution in [2.24, 2.45) is 5.92 Å². The van der Waals surface area contributed by atoms with E-state index in [2.05, 4.69) is 37.6 Å². The van der Waals surface area contributed by atoms with Crippen LogP contribution in [0, 0.1) is 5.92 Å². The molecule has 1 aromatic heterocycles. The first-order valence-corrected chi connectivity index (χ1v) is 22.9. The Morgan fingerprint density at radius 2 is 1.60 bits per heavy atom. The molecule has 1 atom stereocenters. The number of likely N-dealkylation sites (tertiary alicyclic amines) is 1. The van der Waals surface area contributed by atoms with E-state index in [-0.39, 0.29) is 30.0 Å². The van der Waals surface area contributed by atoms with Gasteiger partial charge < -0.3 is 24.8 Å². The SMILES string of the molecule is O=C(/C=C/c1cccnc1)NCCCCC1CCN(C(=O)c2ccc(N3CCN(CCCCCCCCOc4cccc5c4CN(C4CCC(=O)NC4=O)C5=O)CC3)cc2)CC1. The summed E-state index contributed by atoms with van der Waals surface area (Å²) in [6, 6.07) is 16.9. The van der Waals surface area contributed by atoms with Crippen LogP contribution in [-0.2, 0) is 20.9 Å². The lowest BCUT2D eigenvalue weighted by Crippen LogP contribution is -2.52. The van der Waals surface area contributed by atoms with Crippen molar-refractivity contribution >= 4 is 41.3 Å². The number of hydrogen-bond donors (Lipinski definition) is 2. The van der Waals surface area contributed by atoms with Crippen molar-refractivity contribution in [1.82, 2.24) is 30.3 Å². The number of pyridine rings is 1. The number of rotatable bonds is 20. The van der Waals surface area contributed by atoms with E-state index in [1.54, 1.807) is 35.5 Å². The molecular formula is C49H63N7O6. The molecule has 0 radical (unpaired) electrons. The van der Waals surface area contributed by atoms with Crippen LogP contribution < -0.4 is 20.3 Å². The Hall–Kier alpha value is -5.56. The summed E-state index contributed by atoms with van der Waals surface area (Å²) in [5, 5.41) is 5.32. The largest absolute Gasteiger partial charge is 0.493 e. The summed E-state index contributed by atoms with van der Waals surface area (Å²) >= 11 is 0. The monoisotopic (exact) mass is 845 g/mol. The number of piperidine rings is 2. The molecule has 2 N–H and O–H groups in total. The number of fused-ring (bicyclic) bond motifs is 1. The number of aromatic nitrogens is 1. The molecule has 62 heavy (non-hydrogen) atoms. The van der Waals surface area contributed by atoms with Gasteiger partial charge in [0.05, 0.1) is 13.2 Å². The van der Waals surface area contributed by atoms with Crippen LogP contribution in [-0.4, -0.2) is 114 Å². The number of carbonyl (C=O) groups is 5. The zero-order chi connectivity index (χ0) is 43.1. The molecule has 13 nitrogen and oxygen atoms in total. The number of hydrogen-bond acceptors (Lipinski definition) is 9. The molecule has 3 fully saturated rings. The normalized spacial score (nSPS) is 18.6. The molecule has 0 saturated carbocycles. The minimum Gasteiger partial charge on any atom is -0.493 e. The van der Waals surface area contributed by atoms with Crippen molar-refractivity contribution in [3.8, 4) is 5.75 Å². The van der Waals surface area contributed by atoms with Gasteiger partial charge in [-0.3, -0.25) is 39.2 Å². The lowest BCUT2D eigenvalue weighted by molar-refractivity contribution is -0.137. The lowest BCUT2D eigenvalue weighted by Gasteiger charge is -2.36. The smallest absolute Gasteiger partial charge is 0.255 e. The minimum absolute atomic E-state index is 0.0808. The highest BCUT2D eigenvalue weighted by atomic mass is 16.5. The van der Waals surface area contributed by atoms with Crippen LogP contribution in [0.25, 0.3) is 6.08 Å². The topological polar surface area (TPSA) is 144 Å². The van der Waals surface area contributed by atoms with Gasteiger partial charge in [0.2, 0.25) is 17.7 Å². The third-order valence-corrected chi connectivity index (χ3v) is 12.9. The van der Waals surface area contributed by atoms with Crippen molar-refractivity contribution in [2.45, 2.75) is 96.1 Å². The van der Waals surface area contributed by atoms with E-state index in [0.29, 0.717) is 43.3 Å². The van der Waals surface area contributed by atoms with E-state index in [9.17, 15) is 24.0 Å². The quantitative estimate of drug-likeness (QED) is 0.0768. The number of anilines is 1. The van der Waals surface area contributed by atoms with Gasteiger partial charge in [-0.15, -0.1) is 0 Å². The van der Waals surface area contributed by atoms with E-state index in [1.807, 2.05) is 41.3 Å². The lowest BCUT2D eigenvalue weighted by atomic mass is 9.91. The molecule has 0 aliphatic carbocycles. The first-order valence-electron chi connectivity index (χ1n) is 22.9. The first kappa shape index (κ1) is 44.5. The summed E-state index contributed by atoms with van der Waals surface area (Å²) in [6.45, 7) is 8.39. The fraction of sp³-hybridized carbons (Fsp3) is 0.510. The average Bonchev–Trinajstić information content (AvgIpc) is 3.64. The fourth-order valence-electron chi connectivity index (χ4n) is 9.15. The Balaban J connectivity index is 0.700. The van der Waals surface area contributed by atoms with Crippen LogP contribution in [0.4, 0.5) is 5.69 Å². The van der Waals surface area contributed by atoms with Crippen LogP contribution in [0.1, 0.15) is 115 Å². The van der Waals surface area contributed by atoms with Gasteiger partial charge in [0.1, 0.15) is 11.8 Å². The van der Waals surface area contributed by atoms with Crippen LogP contribution >= 0.6 is 0 Å². The van der Waals surface area contributed by atoms with Crippen molar-refractivity contribution in [3.05, 3.63) is 95.3 Å². The third kappa shape index (κ3) is 12.3. The number of imide groups is 1. The molecular weight excluding hydrogens is 783 g/mol. The van der Waals surface area contributed by atoms with Gasteiger partial charge in [-0.25, -0.2) is 0 Å². The van der Waals surface area contributed by atoms with Gasteiger partial charge in [-0.2, -0.15) is 0 Å².